The van der Waals surface area contributed by atoms with Crippen molar-refractivity contribution in [2.75, 3.05) is 18.3 Å². The molecular formula is C44H33BF12O2S. The van der Waals surface area contributed by atoms with Gasteiger partial charge < -0.3 is 0 Å². The van der Waals surface area contributed by atoms with Gasteiger partial charge in [0.15, 0.2) is 5.75 Å². The second-order valence-electron chi connectivity index (χ2n) is 14.3. The number of carbonyl (C=O) groups excluding carboxylic acids is 1. The fourth-order valence-electron chi connectivity index (χ4n) is 6.88. The molecule has 0 aliphatic carbocycles. The number of halogens is 12. The van der Waals surface area contributed by atoms with E-state index in [4.69, 9.17) is 0 Å². The van der Waals surface area contributed by atoms with Gasteiger partial charge in [-0.15, -0.1) is 4.21 Å². The minimum absolute atomic E-state index is 0.0114. The second-order valence-corrected chi connectivity index (χ2v) is 17.5. The first-order valence-corrected chi connectivity index (χ1v) is 20.3. The van der Waals surface area contributed by atoms with Crippen LogP contribution < -0.4 is 21.9 Å². The first-order chi connectivity index (χ1) is 27.8. The van der Waals surface area contributed by atoms with Crippen LogP contribution in [0.25, 0.3) is 11.1 Å². The van der Waals surface area contributed by atoms with Gasteiger partial charge in [0.05, 0.1) is 32.2 Å². The van der Waals surface area contributed by atoms with Crippen LogP contribution in [0.3, 0.4) is 0 Å². The second kappa shape index (κ2) is 17.2. The van der Waals surface area contributed by atoms with E-state index >= 15 is 0 Å². The highest BCUT2D eigenvalue weighted by Gasteiger charge is 2.38. The zero-order valence-electron chi connectivity index (χ0n) is 31.5. The molecule has 60 heavy (non-hydrogen) atoms. The average Bonchev–Trinajstić information content (AvgIpc) is 3.18. The van der Waals surface area contributed by atoms with Gasteiger partial charge in [-0.2, -0.15) is 74.5 Å². The summed E-state index contributed by atoms with van der Waals surface area (Å²) in [5, 5.41) is 0. The van der Waals surface area contributed by atoms with E-state index in [1.54, 1.807) is 24.6 Å². The Bertz CT molecular complexity index is 2180. The van der Waals surface area contributed by atoms with Gasteiger partial charge in [-0.1, -0.05) is 152 Å². The van der Waals surface area contributed by atoms with Gasteiger partial charge in [0.25, 0.3) is 0 Å². The van der Waals surface area contributed by atoms with Crippen LogP contribution in [0.2, 0.25) is 0 Å². The molecule has 0 aliphatic heterocycles. The lowest BCUT2D eigenvalue weighted by Crippen LogP contribution is -2.74. The highest BCUT2D eigenvalue weighted by molar-refractivity contribution is 8.02. The van der Waals surface area contributed by atoms with E-state index in [9.17, 15) is 61.7 Å². The summed E-state index contributed by atoms with van der Waals surface area (Å²) in [6, 6.07) is 31.0. The first-order valence-electron chi connectivity index (χ1n) is 17.8. The SMILES string of the molecule is C[S+](C)(=O)CC(=O)c1ccc(-c2ccccc2)cc1.FC(F)(F)c1ccc([B-](c2ccc(C(F)(F)F)cc2)(c2ccc(C(F)(F)F)cc2)c2ccc(C(F)(F)F)cc2)cc1. The number of Topliss-reactive ketones (excluding diaryl/α,β-unsaturated/α-hetero) is 1. The molecule has 0 aromatic heterocycles. The Kier molecular flexibility index (Phi) is 13.0. The van der Waals surface area contributed by atoms with E-state index in [1.807, 2.05) is 42.5 Å². The van der Waals surface area contributed by atoms with E-state index in [0.29, 0.717) is 54.1 Å². The summed E-state index contributed by atoms with van der Waals surface area (Å²) < 4.78 is 172. The van der Waals surface area contributed by atoms with E-state index in [0.717, 1.165) is 59.7 Å². The molecule has 2 nitrogen and oxygen atoms in total. The Balaban J connectivity index is 0.000000299. The number of alkyl halides is 12. The van der Waals surface area contributed by atoms with Crippen LogP contribution in [-0.4, -0.2) is 30.2 Å². The fraction of sp³-hybridized carbons (Fsp3) is 0.159. The summed E-state index contributed by atoms with van der Waals surface area (Å²) in [6.45, 7) is 0. The molecule has 0 saturated heterocycles. The third-order valence-electron chi connectivity index (χ3n) is 9.74. The number of hydrogen-bond acceptors (Lipinski definition) is 2. The van der Waals surface area contributed by atoms with Crippen molar-refractivity contribution in [3.8, 4) is 11.1 Å². The molecule has 0 fully saturated rings. The smallest absolute Gasteiger partial charge is 0.289 e. The van der Waals surface area contributed by atoms with Crippen LogP contribution in [0.5, 0.6) is 0 Å². The van der Waals surface area contributed by atoms with Crippen molar-refractivity contribution in [3.63, 3.8) is 0 Å². The normalized spacial score (nSPS) is 12.7. The Morgan fingerprint density at radius 1 is 0.417 bits per heavy atom. The zero-order chi connectivity index (χ0) is 44.3. The highest BCUT2D eigenvalue weighted by Crippen LogP contribution is 2.32. The maximum Gasteiger partial charge on any atom is 0.416 e. The molecule has 0 heterocycles. The molecule has 0 spiro atoms. The first kappa shape index (κ1) is 45.4. The summed E-state index contributed by atoms with van der Waals surface area (Å²) in [7, 11) is -2.03. The van der Waals surface area contributed by atoms with Crippen LogP contribution in [-0.2, 0) is 38.8 Å². The minimum Gasteiger partial charge on any atom is -0.289 e. The van der Waals surface area contributed by atoms with Crippen molar-refractivity contribution < 1.29 is 61.7 Å². The molecule has 0 saturated carbocycles. The van der Waals surface area contributed by atoms with E-state index in [2.05, 4.69) is 0 Å². The summed E-state index contributed by atoms with van der Waals surface area (Å²) in [5.74, 6) is 0.0483. The lowest BCUT2D eigenvalue weighted by molar-refractivity contribution is -0.138. The van der Waals surface area contributed by atoms with Crippen molar-refractivity contribution >= 4 is 43.7 Å². The van der Waals surface area contributed by atoms with Crippen LogP contribution in [0, 0.1) is 0 Å². The predicted molar refractivity (Wildman–Crippen MR) is 211 cm³/mol. The van der Waals surface area contributed by atoms with Crippen molar-refractivity contribution in [2.45, 2.75) is 24.7 Å². The summed E-state index contributed by atoms with van der Waals surface area (Å²) in [4.78, 5) is 11.9. The summed E-state index contributed by atoms with van der Waals surface area (Å²) in [6.07, 6.45) is -18.8. The van der Waals surface area contributed by atoms with Gasteiger partial charge in [0.1, 0.15) is 18.7 Å². The molecule has 16 heteroatoms. The van der Waals surface area contributed by atoms with E-state index in [-0.39, 0.29) is 33.4 Å². The lowest BCUT2D eigenvalue weighted by atomic mass is 9.13. The van der Waals surface area contributed by atoms with Crippen molar-refractivity contribution in [1.82, 2.24) is 0 Å². The van der Waals surface area contributed by atoms with Crippen molar-refractivity contribution in [1.29, 1.82) is 0 Å². The maximum atomic E-state index is 13.3. The van der Waals surface area contributed by atoms with Gasteiger partial charge in [-0.3, -0.25) is 4.79 Å². The van der Waals surface area contributed by atoms with Crippen LogP contribution in [0.4, 0.5) is 52.7 Å². The maximum absolute atomic E-state index is 13.3. The van der Waals surface area contributed by atoms with Crippen molar-refractivity contribution in [2.24, 2.45) is 0 Å². The van der Waals surface area contributed by atoms with E-state index in [1.165, 1.54) is 0 Å². The van der Waals surface area contributed by atoms with Gasteiger partial charge in [0.2, 0.25) is 5.78 Å². The molecule has 6 aromatic carbocycles. The standard InChI is InChI=1S/C28H16BF12.C16H17O2S/c30-25(31,32)17-1-9-21(10-2-17)29(22-11-3-18(4-12-22)26(33,34)35,23-13-5-19(6-14-23)27(36,37)38)24-15-7-20(8-16-24)28(39,40)41;1-19(2,18)12-16(17)15-10-8-14(9-11-15)13-6-4-3-5-7-13/h1-16H;3-11H,12H2,1-2H3/q-1;+1. The number of carbonyl (C=O) groups is 1. The Hall–Kier alpha value is -5.64. The van der Waals surface area contributed by atoms with Crippen molar-refractivity contribution in [3.05, 3.63) is 179 Å². The molecule has 0 bridgehead atoms. The highest BCUT2D eigenvalue weighted by atomic mass is 32.2. The molecule has 6 aromatic rings. The molecule has 314 valence electrons. The molecule has 0 N–H and O–H groups in total. The molecule has 0 amide bonds. The van der Waals surface area contributed by atoms with Gasteiger partial charge in [-0.25, -0.2) is 0 Å². The van der Waals surface area contributed by atoms with Crippen LogP contribution in [0.1, 0.15) is 32.6 Å². The fourth-order valence-corrected chi connectivity index (χ4v) is 7.67. The number of benzene rings is 6. The molecule has 0 unspecified atom stereocenters. The zero-order valence-corrected chi connectivity index (χ0v) is 32.3. The Morgan fingerprint density at radius 2 is 0.683 bits per heavy atom. The van der Waals surface area contributed by atoms with Crippen LogP contribution in [0.15, 0.2) is 152 Å². The minimum atomic E-state index is -4.77. The lowest BCUT2D eigenvalue weighted by Gasteiger charge is -2.44. The topological polar surface area (TPSA) is 34.1 Å². The monoisotopic (exact) mass is 864 g/mol. The van der Waals surface area contributed by atoms with Gasteiger partial charge in [0, 0.05) is 5.56 Å². The summed E-state index contributed by atoms with van der Waals surface area (Å²) in [5.41, 5.74) is -1.48. The van der Waals surface area contributed by atoms with E-state index < -0.39 is 63.0 Å². The average molecular weight is 865 g/mol. The summed E-state index contributed by atoms with van der Waals surface area (Å²) >= 11 is 0. The number of ketones is 1. The molecule has 0 radical (unpaired) electrons. The Morgan fingerprint density at radius 3 is 0.933 bits per heavy atom. The van der Waals surface area contributed by atoms with Gasteiger partial charge >= 0.3 is 24.7 Å². The third-order valence-corrected chi connectivity index (χ3v) is 10.7. The largest absolute Gasteiger partial charge is 0.416 e. The molecule has 6 rings (SSSR count). The molecule has 0 atom stereocenters. The Labute approximate surface area is 338 Å². The number of hydrogen-bond donors (Lipinski definition) is 0. The quantitative estimate of drug-likeness (QED) is 0.0661. The third kappa shape index (κ3) is 10.8. The van der Waals surface area contributed by atoms with Gasteiger partial charge in [-0.05, 0) is 11.1 Å². The molecular weight excluding hydrogens is 831 g/mol. The number of rotatable bonds is 8. The predicted octanol–water partition coefficient (Wildman–Crippen LogP) is 10.4. The van der Waals surface area contributed by atoms with Crippen LogP contribution >= 0.6 is 0 Å². The molecule has 0 aliphatic rings.